The van der Waals surface area contributed by atoms with E-state index in [9.17, 15) is 14.4 Å². The summed E-state index contributed by atoms with van der Waals surface area (Å²) in [5, 5.41) is 6.61. The van der Waals surface area contributed by atoms with Crippen LogP contribution in [-0.2, 0) is 16.0 Å². The number of aromatic nitrogens is 3. The molecule has 3 N–H and O–H groups in total. The highest BCUT2D eigenvalue weighted by atomic mass is 35.5. The number of ether oxygens (including phenoxy) is 2. The van der Waals surface area contributed by atoms with Crippen molar-refractivity contribution < 1.29 is 19.1 Å². The second kappa shape index (κ2) is 11.5. The van der Waals surface area contributed by atoms with E-state index in [1.54, 1.807) is 30.1 Å². The van der Waals surface area contributed by atoms with Crippen molar-refractivity contribution in [3.63, 3.8) is 0 Å². The fourth-order valence-corrected chi connectivity index (χ4v) is 4.57. The molecule has 4 aromatic rings. The zero-order chi connectivity index (χ0) is 29.3. The molecule has 0 radical (unpaired) electrons. The Hall–Kier alpha value is -4.03. The first-order valence-corrected chi connectivity index (χ1v) is 13.3. The molecule has 2 aromatic heterocycles. The number of hydrogen-bond donors (Lipinski definition) is 3. The third-order valence-corrected chi connectivity index (χ3v) is 6.95. The van der Waals surface area contributed by atoms with Crippen molar-refractivity contribution in [2.45, 2.75) is 32.4 Å². The van der Waals surface area contributed by atoms with E-state index >= 15 is 0 Å². The van der Waals surface area contributed by atoms with Crippen LogP contribution in [0.1, 0.15) is 40.1 Å². The van der Waals surface area contributed by atoms with Crippen LogP contribution in [0.25, 0.3) is 11.0 Å². The van der Waals surface area contributed by atoms with E-state index in [4.69, 9.17) is 32.7 Å². The quantitative estimate of drug-likeness (QED) is 0.286. The molecule has 2 aromatic carbocycles. The first-order chi connectivity index (χ1) is 19.5. The molecule has 41 heavy (non-hydrogen) atoms. The molecule has 13 heteroatoms. The number of aromatic amines is 1. The van der Waals surface area contributed by atoms with Crippen LogP contribution in [0.5, 0.6) is 0 Å². The molecule has 0 aliphatic carbocycles. The summed E-state index contributed by atoms with van der Waals surface area (Å²) in [5.74, 6) is -1.51. The van der Waals surface area contributed by atoms with Crippen LogP contribution >= 0.6 is 23.2 Å². The lowest BCUT2D eigenvalue weighted by Gasteiger charge is -2.24. The Balaban J connectivity index is 1.31. The SMILES string of the molecule is CN(c1ncc2cc(C(=O)Nc3cc(C(=O)NCc4cccc(Cl)c4)ccc3Cl)c(=O)[nH]c2n1)C1COC(C)(C)O1. The summed E-state index contributed by atoms with van der Waals surface area (Å²) in [6.07, 6.45) is 1.10. The van der Waals surface area contributed by atoms with Crippen molar-refractivity contribution >= 4 is 57.7 Å². The minimum Gasteiger partial charge on any atom is -0.348 e. The van der Waals surface area contributed by atoms with Crippen molar-refractivity contribution in [1.29, 1.82) is 0 Å². The number of likely N-dealkylation sites (N-methyl/N-ethyl adjacent to an activating group) is 1. The average Bonchev–Trinajstić information content (AvgIpc) is 3.31. The fraction of sp³-hybridized carbons (Fsp3) is 0.250. The lowest BCUT2D eigenvalue weighted by Crippen LogP contribution is -2.36. The first kappa shape index (κ1) is 28.5. The zero-order valence-electron chi connectivity index (χ0n) is 22.3. The lowest BCUT2D eigenvalue weighted by atomic mass is 10.1. The Morgan fingerprint density at radius 2 is 1.95 bits per heavy atom. The number of carbonyl (C=O) groups excluding carboxylic acids is 2. The third-order valence-electron chi connectivity index (χ3n) is 6.39. The van der Waals surface area contributed by atoms with Gasteiger partial charge in [0.1, 0.15) is 11.2 Å². The van der Waals surface area contributed by atoms with Gasteiger partial charge in [-0.2, -0.15) is 4.98 Å². The van der Waals surface area contributed by atoms with Crippen LogP contribution in [0.15, 0.2) is 59.5 Å². The van der Waals surface area contributed by atoms with Gasteiger partial charge in [0, 0.05) is 35.8 Å². The second-order valence-electron chi connectivity index (χ2n) is 9.84. The molecule has 1 aliphatic heterocycles. The Labute approximate surface area is 244 Å². The molecule has 0 saturated carbocycles. The number of nitrogens with zero attached hydrogens (tertiary/aromatic N) is 3. The van der Waals surface area contributed by atoms with Crippen molar-refractivity contribution in [2.24, 2.45) is 0 Å². The van der Waals surface area contributed by atoms with Gasteiger partial charge in [0.2, 0.25) is 5.95 Å². The molecule has 0 bridgehead atoms. The van der Waals surface area contributed by atoms with Gasteiger partial charge < -0.3 is 30.0 Å². The monoisotopic (exact) mass is 596 g/mol. The predicted molar refractivity (Wildman–Crippen MR) is 155 cm³/mol. The second-order valence-corrected chi connectivity index (χ2v) is 10.7. The Morgan fingerprint density at radius 3 is 2.68 bits per heavy atom. The highest BCUT2D eigenvalue weighted by Gasteiger charge is 2.36. The maximum atomic E-state index is 13.1. The summed E-state index contributed by atoms with van der Waals surface area (Å²) in [4.78, 5) is 51.8. The first-order valence-electron chi connectivity index (χ1n) is 12.6. The highest BCUT2D eigenvalue weighted by Crippen LogP contribution is 2.27. The van der Waals surface area contributed by atoms with Gasteiger partial charge in [-0.3, -0.25) is 14.4 Å². The van der Waals surface area contributed by atoms with Crippen LogP contribution in [-0.4, -0.2) is 52.4 Å². The summed E-state index contributed by atoms with van der Waals surface area (Å²) >= 11 is 12.3. The molecule has 5 rings (SSSR count). The zero-order valence-corrected chi connectivity index (χ0v) is 23.8. The molecule has 1 atom stereocenters. The number of carbonyl (C=O) groups is 2. The van der Waals surface area contributed by atoms with Gasteiger partial charge in [-0.25, -0.2) is 4.98 Å². The van der Waals surface area contributed by atoms with Crippen LogP contribution in [0.4, 0.5) is 11.6 Å². The number of amides is 2. The minimum absolute atomic E-state index is 0.168. The van der Waals surface area contributed by atoms with Crippen LogP contribution in [0.3, 0.4) is 0 Å². The van der Waals surface area contributed by atoms with E-state index < -0.39 is 23.5 Å². The molecule has 11 nitrogen and oxygen atoms in total. The number of rotatable bonds is 7. The van der Waals surface area contributed by atoms with Crippen molar-refractivity contribution in [2.75, 3.05) is 23.9 Å². The molecule has 3 heterocycles. The topological polar surface area (TPSA) is 139 Å². The molecule has 2 amide bonds. The normalized spacial score (nSPS) is 16.0. The Bertz CT molecular complexity index is 1710. The summed E-state index contributed by atoms with van der Waals surface area (Å²) in [5.41, 5.74) is 0.680. The van der Waals surface area contributed by atoms with Gasteiger partial charge in [0.25, 0.3) is 17.4 Å². The molecular formula is C28H26Cl2N6O5. The largest absolute Gasteiger partial charge is 0.348 e. The number of pyridine rings is 1. The standard InChI is InChI=1S/C28H26Cl2N6O5/c1-28(2)40-14-22(41-28)36(3)27-32-13-17-10-19(26(39)34-23(17)35-27)25(38)33-21-11-16(7-8-20(21)30)24(37)31-12-15-5-4-6-18(29)9-15/h4-11,13,22H,12,14H2,1-3H3,(H,31,37)(H,33,38)(H,32,34,35,39). The van der Waals surface area contributed by atoms with Crippen molar-refractivity contribution in [3.8, 4) is 0 Å². The molecule has 1 fully saturated rings. The lowest BCUT2D eigenvalue weighted by molar-refractivity contribution is -0.137. The van der Waals surface area contributed by atoms with E-state index in [1.807, 2.05) is 19.9 Å². The van der Waals surface area contributed by atoms with Gasteiger partial charge >= 0.3 is 0 Å². The third kappa shape index (κ3) is 6.49. The predicted octanol–water partition coefficient (Wildman–Crippen LogP) is 4.35. The number of anilines is 2. The van der Waals surface area contributed by atoms with E-state index in [1.165, 1.54) is 30.5 Å². The van der Waals surface area contributed by atoms with Crippen molar-refractivity contribution in [1.82, 2.24) is 20.3 Å². The molecular weight excluding hydrogens is 571 g/mol. The van der Waals surface area contributed by atoms with E-state index in [0.717, 1.165) is 5.56 Å². The number of nitrogens with one attached hydrogen (secondary N) is 3. The summed E-state index contributed by atoms with van der Waals surface area (Å²) in [7, 11) is 1.76. The maximum absolute atomic E-state index is 13.1. The molecule has 1 unspecified atom stereocenters. The van der Waals surface area contributed by atoms with Crippen molar-refractivity contribution in [3.05, 3.63) is 91.8 Å². The molecule has 1 saturated heterocycles. The average molecular weight is 597 g/mol. The summed E-state index contributed by atoms with van der Waals surface area (Å²) in [6.45, 7) is 4.21. The van der Waals surface area contributed by atoms with E-state index in [-0.39, 0.29) is 39.9 Å². The Morgan fingerprint density at radius 1 is 1.15 bits per heavy atom. The number of halogens is 2. The Kier molecular flexibility index (Phi) is 7.96. The van der Waals surface area contributed by atoms with Crippen LogP contribution < -0.4 is 21.1 Å². The smallest absolute Gasteiger partial charge is 0.262 e. The summed E-state index contributed by atoms with van der Waals surface area (Å²) in [6, 6.07) is 13.0. The van der Waals surface area contributed by atoms with Crippen LogP contribution in [0.2, 0.25) is 10.0 Å². The minimum atomic E-state index is -0.727. The number of hydrogen-bond acceptors (Lipinski definition) is 8. The number of H-pyrrole nitrogens is 1. The fourth-order valence-electron chi connectivity index (χ4n) is 4.19. The highest BCUT2D eigenvalue weighted by molar-refractivity contribution is 6.34. The molecule has 1 aliphatic rings. The number of fused-ring (bicyclic) bond motifs is 1. The molecule has 212 valence electrons. The summed E-state index contributed by atoms with van der Waals surface area (Å²) < 4.78 is 11.4. The van der Waals surface area contributed by atoms with E-state index in [2.05, 4.69) is 25.6 Å². The van der Waals surface area contributed by atoms with Gasteiger partial charge in [0.15, 0.2) is 12.0 Å². The van der Waals surface area contributed by atoms with Crippen LogP contribution in [0, 0.1) is 0 Å². The van der Waals surface area contributed by atoms with E-state index in [0.29, 0.717) is 23.0 Å². The maximum Gasteiger partial charge on any atom is 0.262 e. The van der Waals surface area contributed by atoms with Gasteiger partial charge in [-0.1, -0.05) is 35.3 Å². The van der Waals surface area contributed by atoms with Gasteiger partial charge in [0.05, 0.1) is 17.3 Å². The molecule has 0 spiro atoms. The van der Waals surface area contributed by atoms with Gasteiger partial charge in [-0.15, -0.1) is 0 Å². The van der Waals surface area contributed by atoms with Gasteiger partial charge in [-0.05, 0) is 55.8 Å². The number of benzene rings is 2.